The van der Waals surface area contributed by atoms with Crippen molar-refractivity contribution in [3.63, 3.8) is 0 Å². The number of likely N-dealkylation sites (tertiary alicyclic amines) is 1. The first kappa shape index (κ1) is 14.6. The van der Waals surface area contributed by atoms with Gasteiger partial charge < -0.3 is 10.2 Å². The molecule has 2 heterocycles. The van der Waals surface area contributed by atoms with Crippen LogP contribution in [0.4, 0.5) is 0 Å². The fourth-order valence-corrected chi connectivity index (χ4v) is 3.81. The molecule has 1 amide bonds. The molecule has 2 aliphatic rings. The highest BCUT2D eigenvalue weighted by molar-refractivity contribution is 5.77. The van der Waals surface area contributed by atoms with Gasteiger partial charge in [-0.2, -0.15) is 0 Å². The van der Waals surface area contributed by atoms with Crippen molar-refractivity contribution in [2.45, 2.75) is 45.1 Å². The first-order valence-corrected chi connectivity index (χ1v) is 8.31. The van der Waals surface area contributed by atoms with Crippen LogP contribution in [0.2, 0.25) is 0 Å². The Morgan fingerprint density at radius 1 is 1.29 bits per heavy atom. The molecule has 2 fully saturated rings. The first-order valence-electron chi connectivity index (χ1n) is 8.31. The van der Waals surface area contributed by atoms with Crippen molar-refractivity contribution in [3.05, 3.63) is 35.4 Å². The van der Waals surface area contributed by atoms with Crippen molar-refractivity contribution < 1.29 is 4.79 Å². The summed E-state index contributed by atoms with van der Waals surface area (Å²) < 4.78 is 0. The van der Waals surface area contributed by atoms with Gasteiger partial charge in [-0.15, -0.1) is 0 Å². The number of carbonyl (C=O) groups is 1. The van der Waals surface area contributed by atoms with E-state index >= 15 is 0 Å². The Balaban J connectivity index is 1.68. The Labute approximate surface area is 127 Å². The molecule has 0 spiro atoms. The normalized spacial score (nSPS) is 26.0. The van der Waals surface area contributed by atoms with E-state index in [1.807, 2.05) is 0 Å². The van der Waals surface area contributed by atoms with Crippen LogP contribution in [0.1, 0.15) is 49.3 Å². The summed E-state index contributed by atoms with van der Waals surface area (Å²) in [5.41, 5.74) is 2.65. The molecule has 1 aromatic rings. The predicted octanol–water partition coefficient (Wildman–Crippen LogP) is 3.05. The van der Waals surface area contributed by atoms with Crippen LogP contribution in [0.3, 0.4) is 0 Å². The molecule has 1 N–H and O–H groups in total. The topological polar surface area (TPSA) is 32.3 Å². The lowest BCUT2D eigenvalue weighted by Gasteiger charge is -2.29. The first-order chi connectivity index (χ1) is 10.3. The zero-order valence-corrected chi connectivity index (χ0v) is 13.0. The molecule has 2 saturated heterocycles. The van der Waals surface area contributed by atoms with E-state index in [0.29, 0.717) is 17.9 Å². The molecule has 0 radical (unpaired) electrons. The Bertz CT molecular complexity index is 494. The van der Waals surface area contributed by atoms with E-state index in [0.717, 1.165) is 38.9 Å². The average molecular weight is 286 g/mol. The zero-order chi connectivity index (χ0) is 14.7. The largest absolute Gasteiger partial charge is 0.336 e. The monoisotopic (exact) mass is 286 g/mol. The number of hydrogen-bond donors (Lipinski definition) is 1. The number of piperidine rings is 1. The molecular formula is C18H26N2O. The molecule has 0 aromatic heterocycles. The number of nitrogens with zero attached hydrogens (tertiary/aromatic N) is 1. The van der Waals surface area contributed by atoms with Gasteiger partial charge in [-0.1, -0.05) is 24.3 Å². The van der Waals surface area contributed by atoms with E-state index in [-0.39, 0.29) is 0 Å². The summed E-state index contributed by atoms with van der Waals surface area (Å²) in [5.74, 6) is 0.888. The lowest BCUT2D eigenvalue weighted by Crippen LogP contribution is -2.36. The highest BCUT2D eigenvalue weighted by atomic mass is 16.2. The maximum Gasteiger partial charge on any atom is 0.223 e. The van der Waals surface area contributed by atoms with Gasteiger partial charge in [0.25, 0.3) is 0 Å². The predicted molar refractivity (Wildman–Crippen MR) is 85.1 cm³/mol. The quantitative estimate of drug-likeness (QED) is 0.926. The van der Waals surface area contributed by atoms with Gasteiger partial charge in [-0.05, 0) is 62.7 Å². The molecule has 0 aliphatic carbocycles. The summed E-state index contributed by atoms with van der Waals surface area (Å²) in [6, 6.07) is 8.81. The summed E-state index contributed by atoms with van der Waals surface area (Å²) in [6.07, 6.45) is 5.36. The van der Waals surface area contributed by atoms with Crippen LogP contribution in [0.5, 0.6) is 0 Å². The molecule has 2 aliphatic heterocycles. The highest BCUT2D eigenvalue weighted by Crippen LogP contribution is 2.34. The molecule has 3 rings (SSSR count). The third-order valence-corrected chi connectivity index (χ3v) is 4.98. The minimum atomic E-state index is 0.301. The molecule has 2 atom stereocenters. The van der Waals surface area contributed by atoms with Crippen LogP contribution < -0.4 is 5.32 Å². The Kier molecular flexibility index (Phi) is 4.59. The van der Waals surface area contributed by atoms with E-state index < -0.39 is 0 Å². The number of benzene rings is 1. The minimum absolute atomic E-state index is 0.301. The minimum Gasteiger partial charge on any atom is -0.336 e. The van der Waals surface area contributed by atoms with Crippen molar-refractivity contribution in [3.8, 4) is 0 Å². The van der Waals surface area contributed by atoms with E-state index in [2.05, 4.69) is 41.4 Å². The third-order valence-electron chi connectivity index (χ3n) is 4.98. The van der Waals surface area contributed by atoms with Crippen LogP contribution in [0, 0.1) is 12.8 Å². The fraction of sp³-hybridized carbons (Fsp3) is 0.611. The molecule has 1 aromatic carbocycles. The second kappa shape index (κ2) is 6.61. The van der Waals surface area contributed by atoms with Crippen LogP contribution in [-0.2, 0) is 4.79 Å². The number of rotatable bonds is 3. The van der Waals surface area contributed by atoms with Gasteiger partial charge >= 0.3 is 0 Å². The standard InChI is InChI=1S/C18H26N2O/c1-14-6-2-3-8-16(14)17-9-5-11-20(17)18(21)12-15-7-4-10-19-13-15/h2-3,6,8,15,17,19H,4-5,7,9-13H2,1H3. The van der Waals surface area contributed by atoms with Gasteiger partial charge in [0.15, 0.2) is 0 Å². The van der Waals surface area contributed by atoms with Gasteiger partial charge in [0, 0.05) is 13.0 Å². The van der Waals surface area contributed by atoms with Gasteiger partial charge in [0.1, 0.15) is 0 Å². The zero-order valence-electron chi connectivity index (χ0n) is 13.0. The second-order valence-electron chi connectivity index (χ2n) is 6.52. The summed E-state index contributed by atoms with van der Waals surface area (Å²) in [7, 11) is 0. The smallest absolute Gasteiger partial charge is 0.223 e. The van der Waals surface area contributed by atoms with Gasteiger partial charge in [-0.25, -0.2) is 0 Å². The van der Waals surface area contributed by atoms with Gasteiger partial charge in [-0.3, -0.25) is 4.79 Å². The fourth-order valence-electron chi connectivity index (χ4n) is 3.81. The van der Waals surface area contributed by atoms with Crippen LogP contribution in [0.25, 0.3) is 0 Å². The van der Waals surface area contributed by atoms with E-state index in [4.69, 9.17) is 0 Å². The van der Waals surface area contributed by atoms with Gasteiger partial charge in [0.05, 0.1) is 6.04 Å². The van der Waals surface area contributed by atoms with Gasteiger partial charge in [0.2, 0.25) is 5.91 Å². The third kappa shape index (κ3) is 3.29. The Hall–Kier alpha value is -1.35. The number of amides is 1. The summed E-state index contributed by atoms with van der Waals surface area (Å²) in [4.78, 5) is 14.8. The van der Waals surface area contributed by atoms with Crippen molar-refractivity contribution in [1.82, 2.24) is 10.2 Å². The number of hydrogen-bond acceptors (Lipinski definition) is 2. The molecule has 3 nitrogen and oxygen atoms in total. The number of nitrogens with one attached hydrogen (secondary N) is 1. The second-order valence-corrected chi connectivity index (χ2v) is 6.52. The number of aryl methyl sites for hydroxylation is 1. The van der Waals surface area contributed by atoms with Crippen LogP contribution in [-0.4, -0.2) is 30.4 Å². The van der Waals surface area contributed by atoms with Crippen molar-refractivity contribution in [1.29, 1.82) is 0 Å². The summed E-state index contributed by atoms with van der Waals surface area (Å²) in [5, 5.41) is 3.41. The van der Waals surface area contributed by atoms with E-state index in [1.165, 1.54) is 24.0 Å². The maximum absolute atomic E-state index is 12.7. The van der Waals surface area contributed by atoms with Crippen molar-refractivity contribution in [2.24, 2.45) is 5.92 Å². The van der Waals surface area contributed by atoms with E-state index in [1.54, 1.807) is 0 Å². The Morgan fingerprint density at radius 3 is 2.90 bits per heavy atom. The molecule has 0 saturated carbocycles. The molecule has 3 heteroatoms. The summed E-state index contributed by atoms with van der Waals surface area (Å²) in [6.45, 7) is 5.20. The van der Waals surface area contributed by atoms with E-state index in [9.17, 15) is 4.79 Å². The SMILES string of the molecule is Cc1ccccc1C1CCCN1C(=O)CC1CCCNC1. The van der Waals surface area contributed by atoms with Crippen LogP contribution in [0.15, 0.2) is 24.3 Å². The average Bonchev–Trinajstić information content (AvgIpc) is 2.98. The molecule has 114 valence electrons. The summed E-state index contributed by atoms with van der Waals surface area (Å²) >= 11 is 0. The lowest BCUT2D eigenvalue weighted by molar-refractivity contribution is -0.133. The van der Waals surface area contributed by atoms with Crippen molar-refractivity contribution >= 4 is 5.91 Å². The van der Waals surface area contributed by atoms with Crippen LogP contribution >= 0.6 is 0 Å². The Morgan fingerprint density at radius 2 is 2.14 bits per heavy atom. The highest BCUT2D eigenvalue weighted by Gasteiger charge is 2.31. The molecular weight excluding hydrogens is 260 g/mol. The van der Waals surface area contributed by atoms with Crippen molar-refractivity contribution in [2.75, 3.05) is 19.6 Å². The molecule has 2 unspecified atom stereocenters. The molecule has 0 bridgehead atoms. The lowest BCUT2D eigenvalue weighted by atomic mass is 9.94. The maximum atomic E-state index is 12.7. The molecule has 21 heavy (non-hydrogen) atoms. The number of carbonyl (C=O) groups excluding carboxylic acids is 1.